The van der Waals surface area contributed by atoms with Gasteiger partial charge in [0.05, 0.1) is 11.0 Å². The third-order valence-electron chi connectivity index (χ3n) is 4.69. The van der Waals surface area contributed by atoms with Gasteiger partial charge in [0, 0.05) is 18.2 Å². The van der Waals surface area contributed by atoms with E-state index in [0.717, 1.165) is 5.52 Å². The van der Waals surface area contributed by atoms with Gasteiger partial charge in [-0.25, -0.2) is 4.98 Å². The minimum Gasteiger partial charge on any atom is -0.341 e. The molecule has 2 aromatic heterocycles. The summed E-state index contributed by atoms with van der Waals surface area (Å²) in [4.78, 5) is 33.1. The van der Waals surface area contributed by atoms with Gasteiger partial charge in [0.15, 0.2) is 0 Å². The van der Waals surface area contributed by atoms with E-state index in [-0.39, 0.29) is 11.5 Å². The van der Waals surface area contributed by atoms with Crippen molar-refractivity contribution in [2.75, 3.05) is 0 Å². The van der Waals surface area contributed by atoms with Crippen LogP contribution < -0.4 is 10.9 Å². The summed E-state index contributed by atoms with van der Waals surface area (Å²) in [6, 6.07) is 13.9. The molecule has 29 heavy (non-hydrogen) atoms. The molecule has 0 saturated heterocycles. The van der Waals surface area contributed by atoms with Crippen molar-refractivity contribution in [3.8, 4) is 11.4 Å². The minimum absolute atomic E-state index is 0.130. The molecule has 4 rings (SSSR count). The number of fused-ring (bicyclic) bond motifs is 1. The van der Waals surface area contributed by atoms with Crippen LogP contribution in [0.5, 0.6) is 0 Å². The standard InChI is InChI=1S/C21H19N5O3/c1-12(23-19(27)14-7-5-4-6-8-14)20-24-18(25-29-20)15-9-10-17-16(11-15)22-13(2)21(28)26(17)3/h4-12H,1-3H3,(H,23,27). The first kappa shape index (κ1) is 18.5. The van der Waals surface area contributed by atoms with Crippen LogP contribution in [0.2, 0.25) is 0 Å². The number of aryl methyl sites for hydroxylation is 2. The van der Waals surface area contributed by atoms with E-state index in [9.17, 15) is 9.59 Å². The second-order valence-electron chi connectivity index (χ2n) is 6.78. The fraction of sp³-hybridized carbons (Fsp3) is 0.190. The number of hydrogen-bond acceptors (Lipinski definition) is 6. The van der Waals surface area contributed by atoms with Crippen molar-refractivity contribution in [3.05, 3.63) is 76.0 Å². The molecule has 1 unspecified atom stereocenters. The van der Waals surface area contributed by atoms with Crippen LogP contribution in [0.25, 0.3) is 22.4 Å². The van der Waals surface area contributed by atoms with Gasteiger partial charge in [0.2, 0.25) is 11.7 Å². The van der Waals surface area contributed by atoms with Gasteiger partial charge in [-0.1, -0.05) is 23.4 Å². The van der Waals surface area contributed by atoms with E-state index >= 15 is 0 Å². The number of hydrogen-bond donors (Lipinski definition) is 1. The average Bonchev–Trinajstić information content (AvgIpc) is 3.23. The molecule has 0 bridgehead atoms. The molecule has 0 aliphatic heterocycles. The van der Waals surface area contributed by atoms with E-state index in [2.05, 4.69) is 20.4 Å². The second-order valence-corrected chi connectivity index (χ2v) is 6.78. The number of rotatable bonds is 4. The fourth-order valence-corrected chi connectivity index (χ4v) is 3.08. The van der Waals surface area contributed by atoms with Crippen molar-refractivity contribution in [2.24, 2.45) is 7.05 Å². The number of nitrogens with one attached hydrogen (secondary N) is 1. The third-order valence-corrected chi connectivity index (χ3v) is 4.69. The molecule has 0 aliphatic carbocycles. The molecule has 1 atom stereocenters. The van der Waals surface area contributed by atoms with Gasteiger partial charge in [-0.05, 0) is 44.2 Å². The number of amides is 1. The number of benzene rings is 2. The van der Waals surface area contributed by atoms with E-state index in [1.807, 2.05) is 12.1 Å². The maximum atomic E-state index is 12.3. The van der Waals surface area contributed by atoms with Crippen molar-refractivity contribution >= 4 is 16.9 Å². The quantitative estimate of drug-likeness (QED) is 0.576. The highest BCUT2D eigenvalue weighted by atomic mass is 16.5. The molecule has 146 valence electrons. The molecule has 0 radical (unpaired) electrons. The summed E-state index contributed by atoms with van der Waals surface area (Å²) in [5.41, 5.74) is 2.94. The second kappa shape index (κ2) is 7.31. The largest absolute Gasteiger partial charge is 0.341 e. The van der Waals surface area contributed by atoms with E-state index < -0.39 is 6.04 Å². The van der Waals surface area contributed by atoms with E-state index in [0.29, 0.717) is 34.1 Å². The molecule has 4 aromatic rings. The third kappa shape index (κ3) is 3.52. The van der Waals surface area contributed by atoms with Crippen molar-refractivity contribution in [2.45, 2.75) is 19.9 Å². The Labute approximate surface area is 166 Å². The smallest absolute Gasteiger partial charge is 0.272 e. The van der Waals surface area contributed by atoms with Crippen LogP contribution in [0.3, 0.4) is 0 Å². The van der Waals surface area contributed by atoms with E-state index in [1.165, 1.54) is 0 Å². The Morgan fingerprint density at radius 2 is 1.90 bits per heavy atom. The van der Waals surface area contributed by atoms with Gasteiger partial charge in [-0.3, -0.25) is 9.59 Å². The van der Waals surface area contributed by atoms with Gasteiger partial charge in [0.1, 0.15) is 11.7 Å². The summed E-state index contributed by atoms with van der Waals surface area (Å²) in [7, 11) is 1.71. The van der Waals surface area contributed by atoms with Crippen molar-refractivity contribution in [1.29, 1.82) is 0 Å². The van der Waals surface area contributed by atoms with Gasteiger partial charge in [-0.15, -0.1) is 0 Å². The highest BCUT2D eigenvalue weighted by Gasteiger charge is 2.18. The number of nitrogens with zero attached hydrogens (tertiary/aromatic N) is 4. The van der Waals surface area contributed by atoms with Crippen LogP contribution in [-0.4, -0.2) is 25.6 Å². The maximum absolute atomic E-state index is 12.3. The van der Waals surface area contributed by atoms with Gasteiger partial charge >= 0.3 is 0 Å². The first-order chi connectivity index (χ1) is 13.9. The highest BCUT2D eigenvalue weighted by molar-refractivity contribution is 5.94. The van der Waals surface area contributed by atoms with Crippen LogP contribution in [0.15, 0.2) is 57.8 Å². The Morgan fingerprint density at radius 3 is 2.66 bits per heavy atom. The van der Waals surface area contributed by atoms with Crippen LogP contribution in [0.1, 0.15) is 34.9 Å². The van der Waals surface area contributed by atoms with Crippen LogP contribution >= 0.6 is 0 Å². The summed E-state index contributed by atoms with van der Waals surface area (Å²) in [5.74, 6) is 0.467. The van der Waals surface area contributed by atoms with E-state index in [1.54, 1.807) is 61.9 Å². The lowest BCUT2D eigenvalue weighted by atomic mass is 10.1. The van der Waals surface area contributed by atoms with E-state index in [4.69, 9.17) is 4.52 Å². The van der Waals surface area contributed by atoms with Crippen LogP contribution in [0, 0.1) is 6.92 Å². The predicted octanol–water partition coefficient (Wildman–Crippen LogP) is 2.78. The molecule has 0 aliphatic rings. The molecule has 2 aromatic carbocycles. The molecule has 0 fully saturated rings. The zero-order valence-corrected chi connectivity index (χ0v) is 16.2. The highest BCUT2D eigenvalue weighted by Crippen LogP contribution is 2.22. The molecular formula is C21H19N5O3. The Kier molecular flexibility index (Phi) is 4.67. The molecule has 1 N–H and O–H groups in total. The summed E-state index contributed by atoms with van der Waals surface area (Å²) in [6.07, 6.45) is 0. The summed E-state index contributed by atoms with van der Waals surface area (Å²) in [6.45, 7) is 3.46. The van der Waals surface area contributed by atoms with Crippen LogP contribution in [-0.2, 0) is 7.05 Å². The van der Waals surface area contributed by atoms with Crippen molar-refractivity contribution in [3.63, 3.8) is 0 Å². The summed E-state index contributed by atoms with van der Waals surface area (Å²) < 4.78 is 6.90. The number of carbonyl (C=O) groups excluding carboxylic acids is 1. The van der Waals surface area contributed by atoms with Gasteiger partial charge < -0.3 is 14.4 Å². The normalized spacial score (nSPS) is 12.1. The Bertz CT molecular complexity index is 1260. The van der Waals surface area contributed by atoms with Gasteiger partial charge in [0.25, 0.3) is 11.5 Å². The topological polar surface area (TPSA) is 103 Å². The van der Waals surface area contributed by atoms with Crippen molar-refractivity contribution < 1.29 is 9.32 Å². The molecular weight excluding hydrogens is 370 g/mol. The summed E-state index contributed by atoms with van der Waals surface area (Å²) in [5, 5.41) is 6.87. The lowest BCUT2D eigenvalue weighted by Gasteiger charge is -2.09. The first-order valence-corrected chi connectivity index (χ1v) is 9.11. The average molecular weight is 389 g/mol. The zero-order chi connectivity index (χ0) is 20.5. The zero-order valence-electron chi connectivity index (χ0n) is 16.2. The van der Waals surface area contributed by atoms with Crippen molar-refractivity contribution in [1.82, 2.24) is 25.0 Å². The molecule has 0 saturated carbocycles. The molecule has 8 nitrogen and oxygen atoms in total. The molecule has 8 heteroatoms. The first-order valence-electron chi connectivity index (χ1n) is 9.11. The lowest BCUT2D eigenvalue weighted by Crippen LogP contribution is -2.26. The summed E-state index contributed by atoms with van der Waals surface area (Å²) >= 11 is 0. The van der Waals surface area contributed by atoms with Crippen LogP contribution in [0.4, 0.5) is 0 Å². The maximum Gasteiger partial charge on any atom is 0.272 e. The molecule has 0 spiro atoms. The fourth-order valence-electron chi connectivity index (χ4n) is 3.08. The predicted molar refractivity (Wildman–Crippen MR) is 107 cm³/mol. The monoisotopic (exact) mass is 389 g/mol. The SMILES string of the molecule is Cc1nc2cc(-c3noc(C(C)NC(=O)c4ccccc4)n3)ccc2n(C)c1=O. The Morgan fingerprint density at radius 1 is 1.14 bits per heavy atom. The van der Waals surface area contributed by atoms with Gasteiger partial charge in [-0.2, -0.15) is 4.98 Å². The number of aromatic nitrogens is 4. The Hall–Kier alpha value is -3.81. The molecule has 2 heterocycles. The Balaban J connectivity index is 1.59. The molecule has 1 amide bonds. The lowest BCUT2D eigenvalue weighted by molar-refractivity contribution is 0.0932. The minimum atomic E-state index is -0.453. The number of carbonyl (C=O) groups is 1.